The minimum atomic E-state index is 0.291. The molecule has 0 aliphatic carbocycles. The number of aromatic amines is 2. The Balaban J connectivity index is 1.50. The normalized spacial score (nSPS) is 15.9. The summed E-state index contributed by atoms with van der Waals surface area (Å²) in [4.78, 5) is 10.5. The van der Waals surface area contributed by atoms with Gasteiger partial charge in [0, 0.05) is 30.8 Å². The number of aliphatic hydroxyl groups is 1. The maximum atomic E-state index is 9.33. The molecule has 7 heteroatoms. The second-order valence-electron chi connectivity index (χ2n) is 7.13. The van der Waals surface area contributed by atoms with Crippen LogP contribution in [-0.4, -0.2) is 45.0 Å². The second kappa shape index (κ2) is 6.55. The van der Waals surface area contributed by atoms with Crippen molar-refractivity contribution in [1.29, 1.82) is 0 Å². The molecule has 138 valence electrons. The fraction of sp³-hybridized carbons (Fsp3) is 0.300. The summed E-state index contributed by atoms with van der Waals surface area (Å²) in [6, 6.07) is 12.1. The maximum Gasteiger partial charge on any atom is 0.157 e. The monoisotopic (exact) mass is 381 g/mol. The summed E-state index contributed by atoms with van der Waals surface area (Å²) in [7, 11) is 0. The molecule has 1 fully saturated rings. The Morgan fingerprint density at radius 1 is 1.19 bits per heavy atom. The lowest BCUT2D eigenvalue weighted by Gasteiger charge is -2.32. The number of H-pyrrole nitrogens is 2. The third-order valence-electron chi connectivity index (χ3n) is 5.48. The first-order valence-corrected chi connectivity index (χ1v) is 9.59. The third-order valence-corrected chi connectivity index (χ3v) is 5.78. The molecule has 0 saturated carbocycles. The zero-order valence-electron chi connectivity index (χ0n) is 14.7. The molecular weight excluding hydrogens is 362 g/mol. The minimum absolute atomic E-state index is 0.291. The van der Waals surface area contributed by atoms with Crippen LogP contribution in [0.5, 0.6) is 0 Å². The number of halogens is 1. The van der Waals surface area contributed by atoms with Gasteiger partial charge in [-0.1, -0.05) is 23.7 Å². The van der Waals surface area contributed by atoms with Crippen molar-refractivity contribution < 1.29 is 5.11 Å². The number of nitrogens with one attached hydrogen (secondary N) is 2. The van der Waals surface area contributed by atoms with Crippen molar-refractivity contribution in [3.63, 3.8) is 0 Å². The van der Waals surface area contributed by atoms with E-state index in [2.05, 4.69) is 32.2 Å². The van der Waals surface area contributed by atoms with Crippen molar-refractivity contribution in [3.8, 4) is 11.5 Å². The number of aliphatic hydroxyl groups excluding tert-OH is 1. The molecule has 5 rings (SSSR count). The van der Waals surface area contributed by atoms with Crippen LogP contribution < -0.4 is 4.90 Å². The molecule has 0 atom stereocenters. The number of hydrogen-bond acceptors (Lipinski definition) is 4. The molecular formula is C20H20ClN5O. The van der Waals surface area contributed by atoms with E-state index in [1.54, 1.807) is 0 Å². The zero-order valence-corrected chi connectivity index (χ0v) is 15.5. The number of benzene rings is 2. The third kappa shape index (κ3) is 2.85. The van der Waals surface area contributed by atoms with Gasteiger partial charge in [-0.15, -0.1) is 0 Å². The van der Waals surface area contributed by atoms with Crippen LogP contribution >= 0.6 is 11.6 Å². The van der Waals surface area contributed by atoms with Crippen LogP contribution in [0.15, 0.2) is 36.4 Å². The highest BCUT2D eigenvalue weighted by Gasteiger charge is 2.19. The predicted molar refractivity (Wildman–Crippen MR) is 108 cm³/mol. The number of nitrogens with zero attached hydrogens (tertiary/aromatic N) is 3. The Morgan fingerprint density at radius 2 is 2.04 bits per heavy atom. The molecule has 1 aliphatic rings. The summed E-state index contributed by atoms with van der Waals surface area (Å²) in [6.07, 6.45) is 2.06. The standard InChI is InChI=1S/C20H20ClN5O/c21-15-3-1-2-14-18(15)24-25-19(14)20-22-16-5-4-13(10-17(16)23-20)26-8-6-12(11-27)7-9-26/h1-5,10,12,27H,6-9,11H2,(H,22,23)(H,24,25). The van der Waals surface area contributed by atoms with Gasteiger partial charge < -0.3 is 15.0 Å². The van der Waals surface area contributed by atoms with Crippen molar-refractivity contribution in [2.24, 2.45) is 5.92 Å². The first-order valence-electron chi connectivity index (χ1n) is 9.21. The fourth-order valence-corrected chi connectivity index (χ4v) is 4.09. The maximum absolute atomic E-state index is 9.33. The van der Waals surface area contributed by atoms with Gasteiger partial charge >= 0.3 is 0 Å². The van der Waals surface area contributed by atoms with E-state index in [9.17, 15) is 5.11 Å². The summed E-state index contributed by atoms with van der Waals surface area (Å²) in [5.74, 6) is 1.19. The topological polar surface area (TPSA) is 80.8 Å². The Kier molecular flexibility index (Phi) is 4.02. The zero-order chi connectivity index (χ0) is 18.4. The molecule has 0 bridgehead atoms. The first kappa shape index (κ1) is 16.6. The SMILES string of the molecule is OCC1CCN(c2ccc3nc(-c4[nH]nc5c(Cl)cccc45)[nH]c3c2)CC1. The lowest BCUT2D eigenvalue weighted by atomic mass is 9.97. The van der Waals surface area contributed by atoms with Gasteiger partial charge in [-0.05, 0) is 43.0 Å². The molecule has 4 aromatic rings. The van der Waals surface area contributed by atoms with Gasteiger partial charge in [0.1, 0.15) is 11.2 Å². The Bertz CT molecular complexity index is 1110. The smallest absolute Gasteiger partial charge is 0.157 e. The first-order chi connectivity index (χ1) is 13.2. The average Bonchev–Trinajstić information content (AvgIpc) is 3.32. The molecule has 1 saturated heterocycles. The highest BCUT2D eigenvalue weighted by atomic mass is 35.5. The largest absolute Gasteiger partial charge is 0.396 e. The van der Waals surface area contributed by atoms with Gasteiger partial charge in [-0.2, -0.15) is 5.10 Å². The van der Waals surface area contributed by atoms with E-state index in [4.69, 9.17) is 16.6 Å². The van der Waals surface area contributed by atoms with Crippen molar-refractivity contribution in [3.05, 3.63) is 41.4 Å². The predicted octanol–water partition coefficient (Wildman–Crippen LogP) is 3.97. The summed E-state index contributed by atoms with van der Waals surface area (Å²) >= 11 is 6.23. The van der Waals surface area contributed by atoms with Crippen molar-refractivity contribution in [1.82, 2.24) is 20.2 Å². The Hall–Kier alpha value is -2.57. The van der Waals surface area contributed by atoms with Gasteiger partial charge in [0.2, 0.25) is 0 Å². The number of rotatable bonds is 3. The summed E-state index contributed by atoms with van der Waals surface area (Å²) in [6.45, 7) is 2.24. The van der Waals surface area contributed by atoms with Gasteiger partial charge in [-0.25, -0.2) is 4.98 Å². The molecule has 0 radical (unpaired) electrons. The molecule has 27 heavy (non-hydrogen) atoms. The second-order valence-corrected chi connectivity index (χ2v) is 7.54. The van der Waals surface area contributed by atoms with Crippen LogP contribution in [-0.2, 0) is 0 Å². The van der Waals surface area contributed by atoms with Crippen LogP contribution in [0, 0.1) is 5.92 Å². The summed E-state index contributed by atoms with van der Waals surface area (Å²) < 4.78 is 0. The molecule has 2 aromatic heterocycles. The fourth-order valence-electron chi connectivity index (χ4n) is 3.87. The molecule has 2 aromatic carbocycles. The van der Waals surface area contributed by atoms with E-state index in [1.165, 1.54) is 5.69 Å². The van der Waals surface area contributed by atoms with E-state index >= 15 is 0 Å². The molecule has 3 heterocycles. The van der Waals surface area contributed by atoms with Gasteiger partial charge in [0.15, 0.2) is 5.82 Å². The van der Waals surface area contributed by atoms with Crippen LogP contribution in [0.2, 0.25) is 5.02 Å². The minimum Gasteiger partial charge on any atom is -0.396 e. The summed E-state index contributed by atoms with van der Waals surface area (Å²) in [5, 5.41) is 18.3. The highest BCUT2D eigenvalue weighted by Crippen LogP contribution is 2.31. The van der Waals surface area contributed by atoms with Gasteiger partial charge in [0.05, 0.1) is 16.1 Å². The summed E-state index contributed by atoms with van der Waals surface area (Å²) in [5.41, 5.74) is 4.70. The number of imidazole rings is 1. The van der Waals surface area contributed by atoms with Crippen LogP contribution in [0.25, 0.3) is 33.5 Å². The Labute approximate surface area is 161 Å². The number of aromatic nitrogens is 4. The van der Waals surface area contributed by atoms with Gasteiger partial charge in [0.25, 0.3) is 0 Å². The van der Waals surface area contributed by atoms with E-state index in [-0.39, 0.29) is 0 Å². The lowest BCUT2D eigenvalue weighted by Crippen LogP contribution is -2.34. The van der Waals surface area contributed by atoms with Crippen molar-refractivity contribution in [2.45, 2.75) is 12.8 Å². The Morgan fingerprint density at radius 3 is 2.85 bits per heavy atom. The van der Waals surface area contributed by atoms with Crippen LogP contribution in [0.1, 0.15) is 12.8 Å². The quantitative estimate of drug-likeness (QED) is 0.501. The lowest BCUT2D eigenvalue weighted by molar-refractivity contribution is 0.203. The van der Waals surface area contributed by atoms with Crippen LogP contribution in [0.3, 0.4) is 0 Å². The number of hydrogen-bond donors (Lipinski definition) is 3. The van der Waals surface area contributed by atoms with E-state index in [0.29, 0.717) is 17.5 Å². The van der Waals surface area contributed by atoms with Crippen molar-refractivity contribution >= 4 is 39.2 Å². The number of para-hydroxylation sites is 1. The van der Waals surface area contributed by atoms with Crippen molar-refractivity contribution in [2.75, 3.05) is 24.6 Å². The molecule has 3 N–H and O–H groups in total. The molecule has 0 spiro atoms. The number of piperidine rings is 1. The average molecular weight is 382 g/mol. The van der Waals surface area contributed by atoms with Crippen LogP contribution in [0.4, 0.5) is 5.69 Å². The molecule has 6 nitrogen and oxygen atoms in total. The number of anilines is 1. The van der Waals surface area contributed by atoms with E-state index in [1.807, 2.05) is 24.3 Å². The molecule has 0 amide bonds. The molecule has 0 unspecified atom stereocenters. The number of fused-ring (bicyclic) bond motifs is 2. The van der Waals surface area contributed by atoms with Gasteiger partial charge in [-0.3, -0.25) is 5.10 Å². The molecule has 1 aliphatic heterocycles. The van der Waals surface area contributed by atoms with E-state index in [0.717, 1.165) is 59.4 Å². The highest BCUT2D eigenvalue weighted by molar-refractivity contribution is 6.35. The van der Waals surface area contributed by atoms with E-state index < -0.39 is 0 Å².